The lowest BCUT2D eigenvalue weighted by Crippen LogP contribution is -2.29. The lowest BCUT2D eigenvalue weighted by molar-refractivity contribution is 0.216. The van der Waals surface area contributed by atoms with Crippen LogP contribution in [0.25, 0.3) is 23.0 Å². The Kier molecular flexibility index (Phi) is 6.09. The van der Waals surface area contributed by atoms with Gasteiger partial charge in [-0.3, -0.25) is 9.97 Å². The molecular weight excluding hydrogens is 356 g/mol. The summed E-state index contributed by atoms with van der Waals surface area (Å²) in [5.74, 6) is 0.594. The molecule has 0 radical (unpaired) electrons. The summed E-state index contributed by atoms with van der Waals surface area (Å²) in [7, 11) is 3.26. The molecular formula is C19H18N8O. The summed E-state index contributed by atoms with van der Waals surface area (Å²) in [5.41, 5.74) is 0.915. The molecule has 0 saturated heterocycles. The van der Waals surface area contributed by atoms with Gasteiger partial charge in [-0.25, -0.2) is 19.7 Å². The standard InChI is InChI=1S/C13H12N8O.C6H6/c1-20(2)13(22)21-12(10-8-15-4-6-17-10)18-11(19-21)9-7-14-3-5-16-9;1-2-4-6-5-3-1/h3-8H,1-2H3;1-6H. The zero-order chi connectivity index (χ0) is 19.8. The molecule has 0 N–H and O–H groups in total. The Morgan fingerprint density at radius 3 is 1.82 bits per heavy atom. The Morgan fingerprint density at radius 2 is 1.36 bits per heavy atom. The average molecular weight is 374 g/mol. The molecule has 0 spiro atoms. The Balaban J connectivity index is 0.000000320. The van der Waals surface area contributed by atoms with Crippen molar-refractivity contribution in [3.63, 3.8) is 0 Å². The molecule has 0 unspecified atom stereocenters. The maximum atomic E-state index is 12.3. The highest BCUT2D eigenvalue weighted by atomic mass is 16.2. The number of carbonyl (C=O) groups excluding carboxylic acids is 1. The third-order valence-electron chi connectivity index (χ3n) is 3.42. The van der Waals surface area contributed by atoms with Crippen molar-refractivity contribution in [2.45, 2.75) is 0 Å². The van der Waals surface area contributed by atoms with E-state index in [0.29, 0.717) is 23.0 Å². The summed E-state index contributed by atoms with van der Waals surface area (Å²) in [6.07, 6.45) is 9.20. The van der Waals surface area contributed by atoms with Crippen LogP contribution < -0.4 is 0 Å². The highest BCUT2D eigenvalue weighted by Crippen LogP contribution is 2.18. The van der Waals surface area contributed by atoms with Crippen molar-refractivity contribution in [3.8, 4) is 23.0 Å². The van der Waals surface area contributed by atoms with E-state index in [1.54, 1.807) is 26.5 Å². The van der Waals surface area contributed by atoms with Gasteiger partial charge in [0.1, 0.15) is 11.4 Å². The SMILES string of the molecule is CN(C)C(=O)n1nc(-c2cnccn2)nc1-c1cnccn1.c1ccccc1. The first-order valence-corrected chi connectivity index (χ1v) is 8.38. The van der Waals surface area contributed by atoms with E-state index in [1.165, 1.54) is 34.4 Å². The maximum absolute atomic E-state index is 12.3. The third-order valence-corrected chi connectivity index (χ3v) is 3.42. The van der Waals surface area contributed by atoms with Crippen molar-refractivity contribution in [1.29, 1.82) is 0 Å². The third kappa shape index (κ3) is 4.58. The molecule has 0 bridgehead atoms. The number of carbonyl (C=O) groups is 1. The van der Waals surface area contributed by atoms with Crippen LogP contribution in [-0.4, -0.2) is 59.7 Å². The normalized spacial score (nSPS) is 9.93. The molecule has 28 heavy (non-hydrogen) atoms. The molecule has 1 amide bonds. The number of rotatable bonds is 2. The van der Waals surface area contributed by atoms with Gasteiger partial charge in [-0.1, -0.05) is 36.4 Å². The van der Waals surface area contributed by atoms with Crippen molar-refractivity contribution in [2.24, 2.45) is 0 Å². The Bertz CT molecular complexity index is 977. The van der Waals surface area contributed by atoms with Gasteiger partial charge in [0.05, 0.1) is 12.4 Å². The van der Waals surface area contributed by atoms with Gasteiger partial charge in [0.2, 0.25) is 5.82 Å². The molecule has 3 heterocycles. The number of hydrogen-bond donors (Lipinski definition) is 0. The Morgan fingerprint density at radius 1 is 0.821 bits per heavy atom. The van der Waals surface area contributed by atoms with Gasteiger partial charge in [-0.05, 0) is 0 Å². The van der Waals surface area contributed by atoms with E-state index in [2.05, 4.69) is 30.0 Å². The van der Waals surface area contributed by atoms with Gasteiger partial charge < -0.3 is 4.90 Å². The molecule has 1 aromatic carbocycles. The topological polar surface area (TPSA) is 103 Å². The second-order valence-electron chi connectivity index (χ2n) is 5.68. The van der Waals surface area contributed by atoms with Gasteiger partial charge >= 0.3 is 6.03 Å². The predicted molar refractivity (Wildman–Crippen MR) is 103 cm³/mol. The minimum Gasteiger partial charge on any atom is -0.329 e. The van der Waals surface area contributed by atoms with Crippen LogP contribution in [0, 0.1) is 0 Å². The van der Waals surface area contributed by atoms with Gasteiger partial charge in [0.15, 0.2) is 5.82 Å². The molecule has 4 aromatic rings. The van der Waals surface area contributed by atoms with E-state index in [4.69, 9.17) is 0 Å². The number of benzene rings is 1. The Hall–Kier alpha value is -4.01. The summed E-state index contributed by atoms with van der Waals surface area (Å²) in [5, 5.41) is 4.22. The average Bonchev–Trinajstić information content (AvgIpc) is 3.21. The lowest BCUT2D eigenvalue weighted by atomic mass is 10.4. The first-order chi connectivity index (χ1) is 13.7. The van der Waals surface area contributed by atoms with Crippen molar-refractivity contribution in [1.82, 2.24) is 39.6 Å². The van der Waals surface area contributed by atoms with Crippen molar-refractivity contribution in [3.05, 3.63) is 73.6 Å². The maximum Gasteiger partial charge on any atom is 0.346 e. The summed E-state index contributed by atoms with van der Waals surface area (Å²) in [4.78, 5) is 34.3. The number of amides is 1. The zero-order valence-electron chi connectivity index (χ0n) is 15.4. The van der Waals surface area contributed by atoms with E-state index < -0.39 is 0 Å². The summed E-state index contributed by atoms with van der Waals surface area (Å²) >= 11 is 0. The van der Waals surface area contributed by atoms with E-state index in [-0.39, 0.29) is 6.03 Å². The lowest BCUT2D eigenvalue weighted by Gasteiger charge is -2.10. The largest absolute Gasteiger partial charge is 0.346 e. The second kappa shape index (κ2) is 9.08. The molecule has 3 aromatic heterocycles. The molecule has 0 atom stereocenters. The molecule has 9 nitrogen and oxygen atoms in total. The first-order valence-electron chi connectivity index (χ1n) is 8.38. The summed E-state index contributed by atoms with van der Waals surface area (Å²) < 4.78 is 1.17. The summed E-state index contributed by atoms with van der Waals surface area (Å²) in [6.45, 7) is 0. The molecule has 4 rings (SSSR count). The fourth-order valence-electron chi connectivity index (χ4n) is 2.12. The molecule has 0 aliphatic rings. The fraction of sp³-hybridized carbons (Fsp3) is 0.105. The fourth-order valence-corrected chi connectivity index (χ4v) is 2.12. The van der Waals surface area contributed by atoms with Crippen LogP contribution in [0.1, 0.15) is 0 Å². The molecule has 9 heteroatoms. The number of hydrogen-bond acceptors (Lipinski definition) is 7. The predicted octanol–water partition coefficient (Wildman–Crippen LogP) is 2.41. The highest BCUT2D eigenvalue weighted by molar-refractivity contribution is 5.80. The van der Waals surface area contributed by atoms with E-state index in [1.807, 2.05) is 36.4 Å². The van der Waals surface area contributed by atoms with Gasteiger partial charge in [0.25, 0.3) is 0 Å². The van der Waals surface area contributed by atoms with Crippen molar-refractivity contribution < 1.29 is 4.79 Å². The van der Waals surface area contributed by atoms with Crippen LogP contribution in [0.2, 0.25) is 0 Å². The molecule has 0 fully saturated rings. The Labute approximate surface area is 161 Å². The van der Waals surface area contributed by atoms with E-state index >= 15 is 0 Å². The van der Waals surface area contributed by atoms with Crippen LogP contribution in [0.15, 0.2) is 73.6 Å². The highest BCUT2D eigenvalue weighted by Gasteiger charge is 2.21. The number of nitrogens with zero attached hydrogens (tertiary/aromatic N) is 8. The zero-order valence-corrected chi connectivity index (χ0v) is 15.4. The molecule has 0 saturated carbocycles. The van der Waals surface area contributed by atoms with Gasteiger partial charge in [0, 0.05) is 38.9 Å². The van der Waals surface area contributed by atoms with Crippen molar-refractivity contribution in [2.75, 3.05) is 14.1 Å². The van der Waals surface area contributed by atoms with Gasteiger partial charge in [-0.2, -0.15) is 4.68 Å². The first kappa shape index (κ1) is 18.8. The minimum absolute atomic E-state index is 0.295. The van der Waals surface area contributed by atoms with E-state index in [0.717, 1.165) is 0 Å². The monoisotopic (exact) mass is 374 g/mol. The molecule has 0 aliphatic carbocycles. The number of aromatic nitrogens is 7. The van der Waals surface area contributed by atoms with E-state index in [9.17, 15) is 4.79 Å². The van der Waals surface area contributed by atoms with Crippen LogP contribution >= 0.6 is 0 Å². The van der Waals surface area contributed by atoms with Gasteiger partial charge in [-0.15, -0.1) is 5.10 Å². The smallest absolute Gasteiger partial charge is 0.329 e. The van der Waals surface area contributed by atoms with Crippen LogP contribution in [0.5, 0.6) is 0 Å². The van der Waals surface area contributed by atoms with Crippen molar-refractivity contribution >= 4 is 6.03 Å². The molecule has 0 aliphatic heterocycles. The van der Waals surface area contributed by atoms with Crippen LogP contribution in [0.3, 0.4) is 0 Å². The van der Waals surface area contributed by atoms with Crippen LogP contribution in [0.4, 0.5) is 4.79 Å². The second-order valence-corrected chi connectivity index (χ2v) is 5.68. The van der Waals surface area contributed by atoms with Crippen LogP contribution in [-0.2, 0) is 0 Å². The minimum atomic E-state index is -0.344. The quantitative estimate of drug-likeness (QED) is 0.531. The summed E-state index contributed by atoms with van der Waals surface area (Å²) in [6, 6.07) is 11.7. The molecule has 140 valence electrons.